The molecule has 0 aliphatic heterocycles. The van der Waals surface area contributed by atoms with Crippen LogP contribution in [0.4, 0.5) is 5.69 Å². The first-order chi connectivity index (χ1) is 10.6. The lowest BCUT2D eigenvalue weighted by atomic mass is 10.2. The Morgan fingerprint density at radius 3 is 2.18 bits per heavy atom. The summed E-state index contributed by atoms with van der Waals surface area (Å²) < 4.78 is 0. The number of rotatable bonds is 6. The van der Waals surface area contributed by atoms with Gasteiger partial charge in [-0.05, 0) is 43.8 Å². The zero-order chi connectivity index (χ0) is 15.8. The van der Waals surface area contributed by atoms with Gasteiger partial charge in [-0.1, -0.05) is 47.5 Å². The summed E-state index contributed by atoms with van der Waals surface area (Å²) in [5.74, 6) is 2.07. The Labute approximate surface area is 142 Å². The number of hydrogen-bond acceptors (Lipinski definition) is 2. The third-order valence-electron chi connectivity index (χ3n) is 3.23. The van der Waals surface area contributed by atoms with Crippen LogP contribution < -0.4 is 10.6 Å². The number of benzene rings is 2. The van der Waals surface area contributed by atoms with E-state index in [1.54, 1.807) is 0 Å². The van der Waals surface area contributed by atoms with E-state index in [0.29, 0.717) is 5.11 Å². The fourth-order valence-corrected chi connectivity index (χ4v) is 2.96. The van der Waals surface area contributed by atoms with Crippen molar-refractivity contribution in [2.45, 2.75) is 19.6 Å². The van der Waals surface area contributed by atoms with Crippen LogP contribution in [0.25, 0.3) is 0 Å². The van der Waals surface area contributed by atoms with Gasteiger partial charge in [0.25, 0.3) is 0 Å². The number of hydrogen-bond donors (Lipinski definition) is 2. The Balaban J connectivity index is 1.61. The van der Waals surface area contributed by atoms with Crippen molar-refractivity contribution in [2.24, 2.45) is 0 Å². The molecule has 0 bridgehead atoms. The third-order valence-corrected chi connectivity index (χ3v) is 4.51. The maximum atomic E-state index is 5.29. The largest absolute Gasteiger partial charge is 0.362 e. The van der Waals surface area contributed by atoms with Crippen LogP contribution in [-0.2, 0) is 5.75 Å². The van der Waals surface area contributed by atoms with Gasteiger partial charge < -0.3 is 10.6 Å². The van der Waals surface area contributed by atoms with Gasteiger partial charge >= 0.3 is 0 Å². The predicted molar refractivity (Wildman–Crippen MR) is 103 cm³/mol. The van der Waals surface area contributed by atoms with E-state index >= 15 is 0 Å². The van der Waals surface area contributed by atoms with Crippen molar-refractivity contribution in [3.05, 3.63) is 65.2 Å². The molecule has 0 aromatic heterocycles. The molecule has 4 heteroatoms. The summed E-state index contributed by atoms with van der Waals surface area (Å²) in [5.41, 5.74) is 4.95. The van der Waals surface area contributed by atoms with Crippen LogP contribution in [0, 0.1) is 13.8 Å². The molecule has 0 saturated carbocycles. The van der Waals surface area contributed by atoms with Gasteiger partial charge in [-0.25, -0.2) is 0 Å². The van der Waals surface area contributed by atoms with Crippen molar-refractivity contribution in [3.8, 4) is 0 Å². The Hall–Kier alpha value is -1.52. The van der Waals surface area contributed by atoms with E-state index in [9.17, 15) is 0 Å². The standard InChI is InChI=1S/C18H22N2S2/c1-14-3-7-16(8-4-14)13-22-12-11-19-18(21)20-17-9-5-15(2)6-10-17/h3-10H,11-13H2,1-2H3,(H2,19,20,21). The Morgan fingerprint density at radius 2 is 1.55 bits per heavy atom. The van der Waals surface area contributed by atoms with Gasteiger partial charge in [0.15, 0.2) is 5.11 Å². The second-order valence-corrected chi connectivity index (χ2v) is 6.80. The topological polar surface area (TPSA) is 24.1 Å². The van der Waals surface area contributed by atoms with Crippen molar-refractivity contribution in [2.75, 3.05) is 17.6 Å². The predicted octanol–water partition coefficient (Wildman–Crippen LogP) is 4.52. The maximum absolute atomic E-state index is 5.29. The first kappa shape index (κ1) is 16.8. The molecule has 0 spiro atoms. The van der Waals surface area contributed by atoms with Crippen molar-refractivity contribution in [1.82, 2.24) is 5.32 Å². The molecule has 2 nitrogen and oxygen atoms in total. The Bertz CT molecular complexity index is 591. The SMILES string of the molecule is Cc1ccc(CSCCNC(=S)Nc2ccc(C)cc2)cc1. The van der Waals surface area contributed by atoms with Crippen LogP contribution in [0.1, 0.15) is 16.7 Å². The fraction of sp³-hybridized carbons (Fsp3) is 0.278. The summed E-state index contributed by atoms with van der Waals surface area (Å²) in [6.45, 7) is 5.06. The van der Waals surface area contributed by atoms with Crippen molar-refractivity contribution >= 4 is 34.8 Å². The van der Waals surface area contributed by atoms with Gasteiger partial charge in [0, 0.05) is 23.7 Å². The second-order valence-electron chi connectivity index (χ2n) is 5.29. The number of anilines is 1. The molecule has 0 saturated heterocycles. The van der Waals surface area contributed by atoms with Gasteiger partial charge in [-0.2, -0.15) is 11.8 Å². The molecule has 0 fully saturated rings. The Morgan fingerprint density at radius 1 is 0.955 bits per heavy atom. The molecule has 2 rings (SSSR count). The van der Waals surface area contributed by atoms with E-state index in [0.717, 1.165) is 23.7 Å². The van der Waals surface area contributed by atoms with Crippen LogP contribution in [-0.4, -0.2) is 17.4 Å². The maximum Gasteiger partial charge on any atom is 0.170 e. The van der Waals surface area contributed by atoms with E-state index in [1.165, 1.54) is 16.7 Å². The number of thiocarbonyl (C=S) groups is 1. The Kier molecular flexibility index (Phi) is 6.74. The highest BCUT2D eigenvalue weighted by atomic mass is 32.2. The lowest BCUT2D eigenvalue weighted by molar-refractivity contribution is 0.990. The molecule has 0 unspecified atom stereocenters. The van der Waals surface area contributed by atoms with Gasteiger partial charge in [0.2, 0.25) is 0 Å². The highest BCUT2D eigenvalue weighted by molar-refractivity contribution is 7.98. The van der Waals surface area contributed by atoms with E-state index < -0.39 is 0 Å². The average Bonchev–Trinajstić information content (AvgIpc) is 2.51. The first-order valence-corrected chi connectivity index (χ1v) is 8.94. The average molecular weight is 331 g/mol. The second kappa shape index (κ2) is 8.81. The van der Waals surface area contributed by atoms with Crippen LogP contribution >= 0.6 is 24.0 Å². The van der Waals surface area contributed by atoms with E-state index in [4.69, 9.17) is 12.2 Å². The van der Waals surface area contributed by atoms with E-state index in [-0.39, 0.29) is 0 Å². The molecule has 0 aliphatic rings. The highest BCUT2D eigenvalue weighted by Crippen LogP contribution is 2.12. The van der Waals surface area contributed by atoms with Gasteiger partial charge in [-0.15, -0.1) is 0 Å². The summed E-state index contributed by atoms with van der Waals surface area (Å²) in [6.07, 6.45) is 0. The van der Waals surface area contributed by atoms with E-state index in [1.807, 2.05) is 23.9 Å². The van der Waals surface area contributed by atoms with Crippen LogP contribution in [0.5, 0.6) is 0 Å². The molecule has 2 N–H and O–H groups in total. The number of aryl methyl sites for hydroxylation is 2. The normalized spacial score (nSPS) is 10.3. The smallest absolute Gasteiger partial charge is 0.170 e. The molecular formula is C18H22N2S2. The van der Waals surface area contributed by atoms with Crippen LogP contribution in [0.3, 0.4) is 0 Å². The van der Waals surface area contributed by atoms with Gasteiger partial charge in [0.1, 0.15) is 0 Å². The van der Waals surface area contributed by atoms with Crippen molar-refractivity contribution in [3.63, 3.8) is 0 Å². The quantitative estimate of drug-likeness (QED) is 0.600. The number of thioether (sulfide) groups is 1. The first-order valence-electron chi connectivity index (χ1n) is 7.38. The monoisotopic (exact) mass is 330 g/mol. The molecule has 22 heavy (non-hydrogen) atoms. The zero-order valence-electron chi connectivity index (χ0n) is 13.1. The van der Waals surface area contributed by atoms with E-state index in [2.05, 4.69) is 60.9 Å². The zero-order valence-corrected chi connectivity index (χ0v) is 14.7. The molecule has 2 aromatic rings. The lowest BCUT2D eigenvalue weighted by Gasteiger charge is -2.10. The highest BCUT2D eigenvalue weighted by Gasteiger charge is 1.98. The summed E-state index contributed by atoms with van der Waals surface area (Å²) in [6, 6.07) is 16.9. The lowest BCUT2D eigenvalue weighted by Crippen LogP contribution is -2.30. The van der Waals surface area contributed by atoms with Gasteiger partial charge in [-0.3, -0.25) is 0 Å². The molecule has 0 amide bonds. The molecule has 0 radical (unpaired) electrons. The molecular weight excluding hydrogens is 308 g/mol. The minimum Gasteiger partial charge on any atom is -0.362 e. The van der Waals surface area contributed by atoms with Crippen LogP contribution in [0.2, 0.25) is 0 Å². The molecule has 116 valence electrons. The van der Waals surface area contributed by atoms with Crippen molar-refractivity contribution < 1.29 is 0 Å². The molecule has 0 heterocycles. The van der Waals surface area contributed by atoms with Crippen molar-refractivity contribution in [1.29, 1.82) is 0 Å². The summed E-state index contributed by atoms with van der Waals surface area (Å²) in [5, 5.41) is 7.12. The number of nitrogens with one attached hydrogen (secondary N) is 2. The summed E-state index contributed by atoms with van der Waals surface area (Å²) in [7, 11) is 0. The fourth-order valence-electron chi connectivity index (χ4n) is 1.92. The minimum atomic E-state index is 0.680. The molecule has 2 aromatic carbocycles. The molecule has 0 aliphatic carbocycles. The third kappa shape index (κ3) is 6.08. The summed E-state index contributed by atoms with van der Waals surface area (Å²) in [4.78, 5) is 0. The van der Waals surface area contributed by atoms with Crippen LogP contribution in [0.15, 0.2) is 48.5 Å². The van der Waals surface area contributed by atoms with Gasteiger partial charge in [0.05, 0.1) is 0 Å². The molecule has 0 atom stereocenters. The minimum absolute atomic E-state index is 0.680. The summed E-state index contributed by atoms with van der Waals surface area (Å²) >= 11 is 7.21.